The van der Waals surface area contributed by atoms with E-state index in [2.05, 4.69) is 69.4 Å². The number of ether oxygens (including phenoxy) is 2. The summed E-state index contributed by atoms with van der Waals surface area (Å²) in [4.78, 5) is 2.47. The molecule has 1 heterocycles. The Kier molecular flexibility index (Phi) is 5.88. The molecule has 2 aliphatic rings. The van der Waals surface area contributed by atoms with Crippen LogP contribution < -0.4 is 18.3 Å². The first-order chi connectivity index (χ1) is 14.9. The molecule has 7 heteroatoms. The average Bonchev–Trinajstić information content (AvgIpc) is 2.67. The number of benzene rings is 2. The Labute approximate surface area is 194 Å². The van der Waals surface area contributed by atoms with Crippen molar-refractivity contribution in [1.29, 1.82) is 0 Å². The highest BCUT2D eigenvalue weighted by atomic mass is 28.4. The quantitative estimate of drug-likeness (QED) is 0.492. The maximum atomic E-state index is 6.53. The molecule has 4 rings (SSSR count). The van der Waals surface area contributed by atoms with Gasteiger partial charge in [-0.15, -0.1) is 0 Å². The molecule has 2 aromatic carbocycles. The van der Waals surface area contributed by atoms with Crippen molar-refractivity contribution in [2.24, 2.45) is 0 Å². The van der Waals surface area contributed by atoms with Gasteiger partial charge in [-0.1, -0.05) is 0 Å². The van der Waals surface area contributed by atoms with Crippen LogP contribution in [0.15, 0.2) is 18.2 Å². The van der Waals surface area contributed by atoms with Crippen LogP contribution in [-0.2, 0) is 12.8 Å². The molecule has 0 saturated carbocycles. The second-order valence-electron chi connectivity index (χ2n) is 10.9. The lowest BCUT2D eigenvalue weighted by atomic mass is 9.76. The number of hydrogen-bond acceptors (Lipinski definition) is 5. The first-order valence-corrected chi connectivity index (χ1v) is 18.3. The predicted molar refractivity (Wildman–Crippen MR) is 136 cm³/mol. The van der Waals surface area contributed by atoms with Crippen LogP contribution in [0.3, 0.4) is 0 Å². The summed E-state index contributed by atoms with van der Waals surface area (Å²) in [7, 11) is 2.10. The summed E-state index contributed by atoms with van der Waals surface area (Å²) in [5.74, 6) is 3.34. The standard InChI is InChI=1S/C25H37NO4Si2/c1-26-11-10-16-13-22(30-32(7,8)9)25(28-3)24-18-15-20(27-2)21(29-31(4,5)6)14-17(18)12-19(26)23(16)24/h13-15,19H,10-12H2,1-9H3. The molecule has 0 N–H and O–H groups in total. The summed E-state index contributed by atoms with van der Waals surface area (Å²) in [6.07, 6.45) is 1.97. The zero-order valence-electron chi connectivity index (χ0n) is 21.0. The van der Waals surface area contributed by atoms with Crippen LogP contribution in [0.2, 0.25) is 39.3 Å². The van der Waals surface area contributed by atoms with E-state index in [0.29, 0.717) is 6.04 Å². The minimum atomic E-state index is -1.81. The van der Waals surface area contributed by atoms with Gasteiger partial charge in [0.05, 0.1) is 14.2 Å². The molecule has 1 aliphatic carbocycles. The van der Waals surface area contributed by atoms with Crippen LogP contribution in [0.1, 0.15) is 22.7 Å². The molecule has 5 nitrogen and oxygen atoms in total. The smallest absolute Gasteiger partial charge is 0.242 e. The fraction of sp³-hybridized carbons (Fsp3) is 0.520. The molecule has 2 aromatic rings. The minimum absolute atomic E-state index is 0.323. The number of fused-ring (bicyclic) bond motifs is 2. The van der Waals surface area contributed by atoms with Gasteiger partial charge in [-0.2, -0.15) is 0 Å². The maximum absolute atomic E-state index is 6.53. The average molecular weight is 472 g/mol. The minimum Gasteiger partial charge on any atom is -0.542 e. The zero-order chi connectivity index (χ0) is 23.4. The fourth-order valence-corrected chi connectivity index (χ4v) is 6.51. The van der Waals surface area contributed by atoms with E-state index in [1.165, 1.54) is 22.3 Å². The van der Waals surface area contributed by atoms with Crippen LogP contribution in [0.5, 0.6) is 23.0 Å². The summed E-state index contributed by atoms with van der Waals surface area (Å²) in [5, 5.41) is 0. The Morgan fingerprint density at radius 1 is 0.812 bits per heavy atom. The van der Waals surface area contributed by atoms with E-state index in [1.54, 1.807) is 14.2 Å². The molecule has 0 amide bonds. The maximum Gasteiger partial charge on any atom is 0.242 e. The Morgan fingerprint density at radius 3 is 2.03 bits per heavy atom. The number of nitrogens with zero attached hydrogens (tertiary/aromatic N) is 1. The first kappa shape index (κ1) is 23.2. The van der Waals surface area contributed by atoms with Crippen molar-refractivity contribution >= 4 is 16.6 Å². The highest BCUT2D eigenvalue weighted by Crippen LogP contribution is 2.54. The van der Waals surface area contributed by atoms with Gasteiger partial charge in [-0.3, -0.25) is 4.90 Å². The molecule has 1 atom stereocenters. The molecule has 32 heavy (non-hydrogen) atoms. The monoisotopic (exact) mass is 471 g/mol. The second kappa shape index (κ2) is 8.11. The van der Waals surface area contributed by atoms with Crippen molar-refractivity contribution in [2.45, 2.75) is 58.2 Å². The summed E-state index contributed by atoms with van der Waals surface area (Å²) in [6, 6.07) is 6.90. The van der Waals surface area contributed by atoms with E-state index in [4.69, 9.17) is 18.3 Å². The van der Waals surface area contributed by atoms with Crippen molar-refractivity contribution in [3.8, 4) is 34.1 Å². The molecule has 0 fully saturated rings. The van der Waals surface area contributed by atoms with Gasteiger partial charge >= 0.3 is 0 Å². The third kappa shape index (κ3) is 4.30. The largest absolute Gasteiger partial charge is 0.542 e. The Bertz CT molecular complexity index is 1040. The number of hydrogen-bond donors (Lipinski definition) is 0. The highest BCUT2D eigenvalue weighted by Gasteiger charge is 2.38. The van der Waals surface area contributed by atoms with E-state index >= 15 is 0 Å². The van der Waals surface area contributed by atoms with Gasteiger partial charge in [0.2, 0.25) is 16.6 Å². The molecular weight excluding hydrogens is 434 g/mol. The van der Waals surface area contributed by atoms with Gasteiger partial charge in [-0.25, -0.2) is 0 Å². The number of likely N-dealkylation sites (N-methyl/N-ethyl adjacent to an activating group) is 1. The van der Waals surface area contributed by atoms with Gasteiger partial charge in [0.1, 0.15) is 11.5 Å². The number of methoxy groups -OCH3 is 2. The Balaban J connectivity index is 1.99. The van der Waals surface area contributed by atoms with Crippen LogP contribution in [0.25, 0.3) is 11.1 Å². The van der Waals surface area contributed by atoms with Gasteiger partial charge in [0.15, 0.2) is 11.5 Å². The van der Waals surface area contributed by atoms with Crippen molar-refractivity contribution in [1.82, 2.24) is 4.90 Å². The molecular formula is C25H37NO4Si2. The summed E-state index contributed by atoms with van der Waals surface area (Å²) >= 11 is 0. The van der Waals surface area contributed by atoms with Crippen LogP contribution in [0.4, 0.5) is 0 Å². The van der Waals surface area contributed by atoms with Gasteiger partial charge in [0, 0.05) is 18.2 Å². The lowest BCUT2D eigenvalue weighted by Gasteiger charge is -2.41. The summed E-state index contributed by atoms with van der Waals surface area (Å²) in [6.45, 7) is 14.3. The summed E-state index contributed by atoms with van der Waals surface area (Å²) < 4.78 is 24.8. The molecule has 174 valence electrons. The van der Waals surface area contributed by atoms with Gasteiger partial charge in [0.25, 0.3) is 0 Å². The normalized spacial score (nSPS) is 18.0. The summed E-state index contributed by atoms with van der Waals surface area (Å²) in [5.41, 5.74) is 6.37. The third-order valence-corrected chi connectivity index (χ3v) is 7.74. The molecule has 0 saturated heterocycles. The van der Waals surface area contributed by atoms with E-state index in [9.17, 15) is 0 Å². The van der Waals surface area contributed by atoms with E-state index in [0.717, 1.165) is 47.9 Å². The highest BCUT2D eigenvalue weighted by molar-refractivity contribution is 6.70. The molecule has 1 unspecified atom stereocenters. The van der Waals surface area contributed by atoms with Gasteiger partial charge < -0.3 is 18.3 Å². The van der Waals surface area contributed by atoms with E-state index in [1.807, 2.05) is 0 Å². The molecule has 0 aromatic heterocycles. The second-order valence-corrected chi connectivity index (χ2v) is 19.8. The predicted octanol–water partition coefficient (Wildman–Crippen LogP) is 5.88. The van der Waals surface area contributed by atoms with Crippen LogP contribution in [0, 0.1) is 0 Å². The van der Waals surface area contributed by atoms with Crippen molar-refractivity contribution < 1.29 is 18.3 Å². The fourth-order valence-electron chi connectivity index (χ4n) is 4.88. The molecule has 0 spiro atoms. The van der Waals surface area contributed by atoms with Crippen LogP contribution >= 0.6 is 0 Å². The van der Waals surface area contributed by atoms with Crippen LogP contribution in [-0.4, -0.2) is 49.3 Å². The first-order valence-electron chi connectivity index (χ1n) is 11.4. The van der Waals surface area contributed by atoms with E-state index < -0.39 is 16.6 Å². The van der Waals surface area contributed by atoms with Crippen molar-refractivity contribution in [2.75, 3.05) is 27.8 Å². The van der Waals surface area contributed by atoms with Gasteiger partial charge in [-0.05, 0) is 99.6 Å². The molecule has 0 radical (unpaired) electrons. The third-order valence-electron chi connectivity index (χ3n) is 6.08. The number of rotatable bonds is 6. The van der Waals surface area contributed by atoms with Crippen molar-refractivity contribution in [3.05, 3.63) is 34.9 Å². The lowest BCUT2D eigenvalue weighted by Crippen LogP contribution is -2.36. The Hall–Kier alpha value is -1.97. The SMILES string of the molecule is COc1cc2c(cc1O[Si](C)(C)C)CC1c3c(cc(O[Si](C)(C)C)c(OC)c3-2)CCN1C. The molecule has 1 aliphatic heterocycles. The molecule has 0 bridgehead atoms. The zero-order valence-corrected chi connectivity index (χ0v) is 23.0. The lowest BCUT2D eigenvalue weighted by molar-refractivity contribution is 0.227. The van der Waals surface area contributed by atoms with E-state index in [-0.39, 0.29) is 0 Å². The topological polar surface area (TPSA) is 40.2 Å². The van der Waals surface area contributed by atoms with Crippen molar-refractivity contribution in [3.63, 3.8) is 0 Å². The Morgan fingerprint density at radius 2 is 1.44 bits per heavy atom.